The molecule has 0 aromatic heterocycles. The molecule has 3 rings (SSSR count). The molecule has 2 aliphatic heterocycles. The minimum Gasteiger partial charge on any atom is -0.463 e. The molecule has 3 amide bonds. The van der Waals surface area contributed by atoms with Crippen LogP contribution in [0.15, 0.2) is 41.6 Å². The minimum atomic E-state index is -0.588. The van der Waals surface area contributed by atoms with Crippen molar-refractivity contribution in [2.75, 3.05) is 45.9 Å². The van der Waals surface area contributed by atoms with E-state index in [9.17, 15) is 14.4 Å². The van der Waals surface area contributed by atoms with E-state index in [0.29, 0.717) is 50.6 Å². The Morgan fingerprint density at radius 3 is 2.33 bits per heavy atom. The first-order chi connectivity index (χ1) is 14.5. The number of nitrogens with one attached hydrogen (secondary N) is 2. The van der Waals surface area contributed by atoms with Gasteiger partial charge in [-0.3, -0.25) is 4.90 Å². The van der Waals surface area contributed by atoms with E-state index in [1.54, 1.807) is 18.7 Å². The zero-order chi connectivity index (χ0) is 21.5. The Morgan fingerprint density at radius 2 is 1.70 bits per heavy atom. The van der Waals surface area contributed by atoms with Gasteiger partial charge in [0.15, 0.2) is 0 Å². The summed E-state index contributed by atoms with van der Waals surface area (Å²) < 4.78 is 10.3. The zero-order valence-corrected chi connectivity index (χ0v) is 17.3. The molecule has 162 valence electrons. The van der Waals surface area contributed by atoms with Gasteiger partial charge >= 0.3 is 18.1 Å². The van der Waals surface area contributed by atoms with Gasteiger partial charge in [-0.05, 0) is 19.4 Å². The van der Waals surface area contributed by atoms with Crippen molar-refractivity contribution in [2.24, 2.45) is 0 Å². The lowest BCUT2D eigenvalue weighted by Crippen LogP contribution is -2.52. The van der Waals surface area contributed by atoms with Crippen LogP contribution in [0.3, 0.4) is 0 Å². The molecule has 0 radical (unpaired) electrons. The maximum atomic E-state index is 12.8. The smallest absolute Gasteiger partial charge is 0.409 e. The SMILES string of the molecule is CCOC(=O)C1=C(CN2CCN(C(=O)OCC)CC2)NC(=O)N[C@@H]1c1ccccc1. The molecule has 30 heavy (non-hydrogen) atoms. The monoisotopic (exact) mass is 416 g/mol. The summed E-state index contributed by atoms with van der Waals surface area (Å²) in [4.78, 5) is 40.8. The van der Waals surface area contributed by atoms with Gasteiger partial charge in [-0.25, -0.2) is 14.4 Å². The van der Waals surface area contributed by atoms with E-state index >= 15 is 0 Å². The van der Waals surface area contributed by atoms with Crippen LogP contribution in [0.25, 0.3) is 0 Å². The standard InChI is InChI=1S/C21H28N4O5/c1-3-29-19(26)17-16(14-24-10-12-25(13-11-24)21(28)30-4-2)22-20(27)23-18(17)15-8-6-5-7-9-15/h5-9,18H,3-4,10-14H2,1-2H3,(H2,22,23,27)/t18-/m1/s1. The highest BCUT2D eigenvalue weighted by Gasteiger charge is 2.34. The highest BCUT2D eigenvalue weighted by molar-refractivity contribution is 5.95. The summed E-state index contributed by atoms with van der Waals surface area (Å²) >= 11 is 0. The first-order valence-corrected chi connectivity index (χ1v) is 10.2. The lowest BCUT2D eigenvalue weighted by atomic mass is 9.95. The molecule has 2 N–H and O–H groups in total. The molecule has 1 fully saturated rings. The van der Waals surface area contributed by atoms with Gasteiger partial charge in [-0.1, -0.05) is 30.3 Å². The quantitative estimate of drug-likeness (QED) is 0.684. The first-order valence-electron chi connectivity index (χ1n) is 10.2. The molecule has 1 aromatic rings. The van der Waals surface area contributed by atoms with Gasteiger partial charge in [0.2, 0.25) is 0 Å². The van der Waals surface area contributed by atoms with Gasteiger partial charge in [-0.15, -0.1) is 0 Å². The van der Waals surface area contributed by atoms with Crippen LogP contribution in [0.1, 0.15) is 25.5 Å². The molecule has 0 unspecified atom stereocenters. The van der Waals surface area contributed by atoms with Crippen molar-refractivity contribution in [3.05, 3.63) is 47.2 Å². The second kappa shape index (κ2) is 10.1. The molecule has 9 nitrogen and oxygen atoms in total. The van der Waals surface area contributed by atoms with Gasteiger partial charge in [0.25, 0.3) is 0 Å². The van der Waals surface area contributed by atoms with Crippen molar-refractivity contribution in [3.63, 3.8) is 0 Å². The first kappa shape index (κ1) is 21.6. The fourth-order valence-electron chi connectivity index (χ4n) is 3.61. The average molecular weight is 416 g/mol. The van der Waals surface area contributed by atoms with Gasteiger partial charge in [0.1, 0.15) is 0 Å². The Labute approximate surface area is 176 Å². The van der Waals surface area contributed by atoms with Crippen LogP contribution in [0, 0.1) is 0 Å². The second-order valence-electron chi connectivity index (χ2n) is 7.02. The van der Waals surface area contributed by atoms with Gasteiger partial charge < -0.3 is 25.0 Å². The van der Waals surface area contributed by atoms with Crippen molar-refractivity contribution in [3.8, 4) is 0 Å². The molecule has 1 aromatic carbocycles. The highest BCUT2D eigenvalue weighted by Crippen LogP contribution is 2.28. The Hall–Kier alpha value is -3.07. The summed E-state index contributed by atoms with van der Waals surface area (Å²) in [7, 11) is 0. The fraction of sp³-hybridized carbons (Fsp3) is 0.476. The van der Waals surface area contributed by atoms with E-state index in [-0.39, 0.29) is 18.7 Å². The second-order valence-corrected chi connectivity index (χ2v) is 7.02. The summed E-state index contributed by atoms with van der Waals surface area (Å²) in [5, 5.41) is 5.62. The predicted molar refractivity (Wildman–Crippen MR) is 110 cm³/mol. The van der Waals surface area contributed by atoms with Gasteiger partial charge in [0.05, 0.1) is 24.8 Å². The third kappa shape index (κ3) is 5.10. The lowest BCUT2D eigenvalue weighted by molar-refractivity contribution is -0.139. The lowest BCUT2D eigenvalue weighted by Gasteiger charge is -2.36. The Kier molecular flexibility index (Phi) is 7.29. The summed E-state index contributed by atoms with van der Waals surface area (Å²) in [6.07, 6.45) is -0.317. The molecule has 2 heterocycles. The molecular formula is C21H28N4O5. The molecule has 1 saturated heterocycles. The van der Waals surface area contributed by atoms with Crippen LogP contribution in [-0.2, 0) is 14.3 Å². The number of hydrogen-bond acceptors (Lipinski definition) is 6. The maximum absolute atomic E-state index is 12.8. The summed E-state index contributed by atoms with van der Waals surface area (Å²) in [5.74, 6) is -0.459. The third-order valence-electron chi connectivity index (χ3n) is 5.06. The number of carbonyl (C=O) groups is 3. The van der Waals surface area contributed by atoms with E-state index in [0.717, 1.165) is 5.56 Å². The normalized spacial score (nSPS) is 19.7. The van der Waals surface area contributed by atoms with Crippen LogP contribution < -0.4 is 10.6 Å². The number of carbonyl (C=O) groups excluding carboxylic acids is 3. The van der Waals surface area contributed by atoms with Crippen LogP contribution in [0.5, 0.6) is 0 Å². The van der Waals surface area contributed by atoms with E-state index in [1.165, 1.54) is 0 Å². The molecule has 0 aliphatic carbocycles. The predicted octanol–water partition coefficient (Wildman–Crippen LogP) is 1.63. The topological polar surface area (TPSA) is 100 Å². The summed E-state index contributed by atoms with van der Waals surface area (Å²) in [6.45, 7) is 6.75. The number of urea groups is 1. The van der Waals surface area contributed by atoms with Crippen LogP contribution >= 0.6 is 0 Å². The number of hydrogen-bond donors (Lipinski definition) is 2. The Morgan fingerprint density at radius 1 is 1.03 bits per heavy atom. The number of rotatable bonds is 6. The molecule has 0 bridgehead atoms. The Bertz CT molecular complexity index is 803. The number of esters is 1. The van der Waals surface area contributed by atoms with Crippen LogP contribution in [0.2, 0.25) is 0 Å². The molecule has 0 spiro atoms. The summed E-state index contributed by atoms with van der Waals surface area (Å²) in [5.41, 5.74) is 1.73. The summed E-state index contributed by atoms with van der Waals surface area (Å²) in [6, 6.07) is 8.38. The zero-order valence-electron chi connectivity index (χ0n) is 17.3. The van der Waals surface area contributed by atoms with E-state index in [1.807, 2.05) is 30.3 Å². The van der Waals surface area contributed by atoms with Crippen LogP contribution in [0.4, 0.5) is 9.59 Å². The number of ether oxygens (including phenoxy) is 2. The van der Waals surface area contributed by atoms with E-state index in [4.69, 9.17) is 9.47 Å². The molecule has 2 aliphatic rings. The fourth-order valence-corrected chi connectivity index (χ4v) is 3.61. The van der Waals surface area contributed by atoms with Crippen molar-refractivity contribution in [2.45, 2.75) is 19.9 Å². The Balaban J connectivity index is 1.81. The van der Waals surface area contributed by atoms with Crippen molar-refractivity contribution in [1.29, 1.82) is 0 Å². The highest BCUT2D eigenvalue weighted by atomic mass is 16.6. The molecular weight excluding hydrogens is 388 g/mol. The largest absolute Gasteiger partial charge is 0.463 e. The number of piperazine rings is 1. The van der Waals surface area contributed by atoms with Gasteiger partial charge in [-0.2, -0.15) is 0 Å². The molecule has 9 heteroatoms. The number of amides is 3. The van der Waals surface area contributed by atoms with Crippen LogP contribution in [-0.4, -0.2) is 73.8 Å². The van der Waals surface area contributed by atoms with Crippen molar-refractivity contribution in [1.82, 2.24) is 20.4 Å². The maximum Gasteiger partial charge on any atom is 0.409 e. The van der Waals surface area contributed by atoms with E-state index in [2.05, 4.69) is 15.5 Å². The molecule has 0 saturated carbocycles. The molecule has 1 atom stereocenters. The van der Waals surface area contributed by atoms with Gasteiger partial charge in [0, 0.05) is 38.4 Å². The number of benzene rings is 1. The third-order valence-corrected chi connectivity index (χ3v) is 5.06. The van der Waals surface area contributed by atoms with Crippen molar-refractivity contribution >= 4 is 18.1 Å². The average Bonchev–Trinajstić information content (AvgIpc) is 2.75. The number of nitrogens with zero attached hydrogens (tertiary/aromatic N) is 2. The van der Waals surface area contributed by atoms with Crippen molar-refractivity contribution < 1.29 is 23.9 Å². The minimum absolute atomic E-state index is 0.239. The van der Waals surface area contributed by atoms with E-state index < -0.39 is 12.0 Å².